The molecule has 0 spiro atoms. The number of benzene rings is 2. The number of hydrogen-bond donors (Lipinski definition) is 3. The molecule has 1 aliphatic carbocycles. The molecule has 0 saturated heterocycles. The van der Waals surface area contributed by atoms with Gasteiger partial charge in [-0.3, -0.25) is 4.79 Å². The van der Waals surface area contributed by atoms with Gasteiger partial charge in [-0.05, 0) is 43.9 Å². The van der Waals surface area contributed by atoms with Crippen LogP contribution in [-0.4, -0.2) is 31.6 Å². The summed E-state index contributed by atoms with van der Waals surface area (Å²) in [6.07, 6.45) is 1.46. The molecule has 0 aromatic heterocycles. The summed E-state index contributed by atoms with van der Waals surface area (Å²) in [5, 5.41) is 11.6. The van der Waals surface area contributed by atoms with Crippen molar-refractivity contribution >= 4 is 33.2 Å². The number of nitrogens with one attached hydrogen (secondary N) is 2. The van der Waals surface area contributed by atoms with Crippen LogP contribution < -0.4 is 10.0 Å². The Kier molecular flexibility index (Phi) is 6.71. The molecule has 0 bridgehead atoms. The highest BCUT2D eigenvalue weighted by Crippen LogP contribution is 2.25. The summed E-state index contributed by atoms with van der Waals surface area (Å²) >= 11 is 5.99. The molecule has 1 aliphatic rings. The predicted octanol–water partition coefficient (Wildman–Crippen LogP) is 3.59. The number of carbonyl (C=O) groups is 1. The molecule has 11 heteroatoms. The van der Waals surface area contributed by atoms with E-state index in [4.69, 9.17) is 11.6 Å². The quantitative estimate of drug-likeness (QED) is 0.592. The van der Waals surface area contributed by atoms with Gasteiger partial charge in [0.25, 0.3) is 5.91 Å². The Labute approximate surface area is 176 Å². The lowest BCUT2D eigenvalue weighted by Crippen LogP contribution is -2.38. The zero-order valence-electron chi connectivity index (χ0n) is 15.5. The summed E-state index contributed by atoms with van der Waals surface area (Å²) in [6, 6.07) is 4.29. The van der Waals surface area contributed by atoms with Crippen LogP contribution >= 0.6 is 11.6 Å². The van der Waals surface area contributed by atoms with Crippen LogP contribution in [0.1, 0.15) is 36.0 Å². The standard InChI is InChI=1S/C19H18ClF3N2O4S/c20-15-6-5-13(30(28,29)25-10-1-3-12(26)4-2-10)9-14(15)19(27)24-11-7-16(21)18(23)17(22)8-11/h5-10,12,25-26H,1-4H2,(H,24,27). The van der Waals surface area contributed by atoms with Crippen molar-refractivity contribution in [2.24, 2.45) is 0 Å². The SMILES string of the molecule is O=C(Nc1cc(F)c(F)c(F)c1)c1cc(S(=O)(=O)NC2CCC(O)CC2)ccc1Cl. The van der Waals surface area contributed by atoms with Gasteiger partial charge in [-0.25, -0.2) is 26.3 Å². The number of anilines is 1. The van der Waals surface area contributed by atoms with Gasteiger partial charge < -0.3 is 10.4 Å². The van der Waals surface area contributed by atoms with Crippen LogP contribution in [-0.2, 0) is 10.0 Å². The molecule has 2 aromatic carbocycles. The number of rotatable bonds is 5. The summed E-state index contributed by atoms with van der Waals surface area (Å²) in [6.45, 7) is 0. The van der Waals surface area contributed by atoms with Crippen molar-refractivity contribution in [3.8, 4) is 0 Å². The molecule has 2 aromatic rings. The van der Waals surface area contributed by atoms with Crippen LogP contribution in [0.4, 0.5) is 18.9 Å². The van der Waals surface area contributed by atoms with E-state index in [9.17, 15) is 31.5 Å². The van der Waals surface area contributed by atoms with E-state index >= 15 is 0 Å². The molecule has 0 unspecified atom stereocenters. The number of carbonyl (C=O) groups excluding carboxylic acids is 1. The maximum Gasteiger partial charge on any atom is 0.257 e. The Morgan fingerprint density at radius 1 is 1.03 bits per heavy atom. The molecule has 1 fully saturated rings. The predicted molar refractivity (Wildman–Crippen MR) is 104 cm³/mol. The van der Waals surface area contributed by atoms with Crippen LogP contribution in [0, 0.1) is 17.5 Å². The highest BCUT2D eigenvalue weighted by atomic mass is 35.5. The normalized spacial score (nSPS) is 19.5. The first-order valence-electron chi connectivity index (χ1n) is 9.02. The topological polar surface area (TPSA) is 95.5 Å². The first-order valence-corrected chi connectivity index (χ1v) is 10.9. The second kappa shape index (κ2) is 8.93. The first kappa shape index (κ1) is 22.5. The third-order valence-electron chi connectivity index (χ3n) is 4.75. The highest BCUT2D eigenvalue weighted by Gasteiger charge is 2.26. The average Bonchev–Trinajstić information content (AvgIpc) is 2.67. The largest absolute Gasteiger partial charge is 0.393 e. The highest BCUT2D eigenvalue weighted by molar-refractivity contribution is 7.89. The van der Waals surface area contributed by atoms with Crippen LogP contribution in [0.3, 0.4) is 0 Å². The monoisotopic (exact) mass is 462 g/mol. The van der Waals surface area contributed by atoms with E-state index in [1.165, 1.54) is 12.1 Å². The fraction of sp³-hybridized carbons (Fsp3) is 0.316. The van der Waals surface area contributed by atoms with E-state index in [1.54, 1.807) is 0 Å². The summed E-state index contributed by atoms with van der Waals surface area (Å²) in [5.41, 5.74) is -0.608. The minimum absolute atomic E-state index is 0.0877. The van der Waals surface area contributed by atoms with Gasteiger partial charge in [-0.2, -0.15) is 0 Å². The smallest absolute Gasteiger partial charge is 0.257 e. The fourth-order valence-corrected chi connectivity index (χ4v) is 4.69. The van der Waals surface area contributed by atoms with Gasteiger partial charge in [0, 0.05) is 23.9 Å². The Balaban J connectivity index is 1.81. The van der Waals surface area contributed by atoms with Gasteiger partial charge in [0.15, 0.2) is 17.5 Å². The zero-order valence-corrected chi connectivity index (χ0v) is 17.0. The molecule has 0 atom stereocenters. The Hall–Kier alpha value is -2.14. The number of aliphatic hydroxyl groups excluding tert-OH is 1. The fourth-order valence-electron chi connectivity index (χ4n) is 3.15. The molecule has 0 heterocycles. The molecule has 1 saturated carbocycles. The van der Waals surface area contributed by atoms with E-state index in [0.717, 1.165) is 6.07 Å². The minimum atomic E-state index is -3.98. The number of hydrogen-bond acceptors (Lipinski definition) is 4. The molecule has 6 nitrogen and oxygen atoms in total. The molecule has 162 valence electrons. The summed E-state index contributed by atoms with van der Waals surface area (Å²) in [7, 11) is -3.98. The van der Waals surface area contributed by atoms with Crippen LogP contribution in [0.5, 0.6) is 0 Å². The van der Waals surface area contributed by atoms with E-state index in [1.807, 2.05) is 0 Å². The van der Waals surface area contributed by atoms with Crippen molar-refractivity contribution in [2.75, 3.05) is 5.32 Å². The second-order valence-electron chi connectivity index (χ2n) is 6.98. The maximum atomic E-state index is 13.3. The second-order valence-corrected chi connectivity index (χ2v) is 9.10. The van der Waals surface area contributed by atoms with Crippen molar-refractivity contribution in [3.63, 3.8) is 0 Å². The van der Waals surface area contributed by atoms with Crippen molar-refractivity contribution in [2.45, 2.75) is 42.7 Å². The van der Waals surface area contributed by atoms with Crippen LogP contribution in [0.15, 0.2) is 35.2 Å². The van der Waals surface area contributed by atoms with Crippen LogP contribution in [0.2, 0.25) is 5.02 Å². The first-order chi connectivity index (χ1) is 14.1. The van der Waals surface area contributed by atoms with E-state index in [-0.39, 0.29) is 27.2 Å². The molecular weight excluding hydrogens is 445 g/mol. The zero-order chi connectivity index (χ0) is 22.1. The van der Waals surface area contributed by atoms with E-state index in [2.05, 4.69) is 10.0 Å². The molecule has 3 N–H and O–H groups in total. The summed E-state index contributed by atoms with van der Waals surface area (Å²) in [4.78, 5) is 12.2. The lowest BCUT2D eigenvalue weighted by Gasteiger charge is -2.26. The van der Waals surface area contributed by atoms with Gasteiger partial charge in [-0.1, -0.05) is 11.6 Å². The molecular formula is C19H18ClF3N2O4S. The van der Waals surface area contributed by atoms with E-state index in [0.29, 0.717) is 37.8 Å². The number of aliphatic hydroxyl groups is 1. The number of sulfonamides is 1. The van der Waals surface area contributed by atoms with Gasteiger partial charge >= 0.3 is 0 Å². The summed E-state index contributed by atoms with van der Waals surface area (Å²) < 4.78 is 67.6. The molecule has 30 heavy (non-hydrogen) atoms. The third-order valence-corrected chi connectivity index (χ3v) is 6.60. The Morgan fingerprint density at radius 3 is 2.23 bits per heavy atom. The van der Waals surface area contributed by atoms with Gasteiger partial charge in [-0.15, -0.1) is 0 Å². The Morgan fingerprint density at radius 2 is 1.63 bits per heavy atom. The van der Waals surface area contributed by atoms with Crippen molar-refractivity contribution in [1.29, 1.82) is 0 Å². The van der Waals surface area contributed by atoms with E-state index < -0.39 is 39.5 Å². The molecule has 3 rings (SSSR count). The minimum Gasteiger partial charge on any atom is -0.393 e. The van der Waals surface area contributed by atoms with Crippen molar-refractivity contribution in [3.05, 3.63) is 58.4 Å². The molecule has 0 radical (unpaired) electrons. The van der Waals surface area contributed by atoms with Gasteiger partial charge in [0.2, 0.25) is 10.0 Å². The lowest BCUT2D eigenvalue weighted by molar-refractivity contribution is 0.102. The molecule has 0 aliphatic heterocycles. The Bertz CT molecular complexity index is 1050. The van der Waals surface area contributed by atoms with Gasteiger partial charge in [0.05, 0.1) is 21.6 Å². The van der Waals surface area contributed by atoms with Gasteiger partial charge in [0.1, 0.15) is 0 Å². The van der Waals surface area contributed by atoms with Crippen molar-refractivity contribution < 1.29 is 31.5 Å². The third kappa shape index (κ3) is 5.12. The number of halogens is 4. The van der Waals surface area contributed by atoms with Crippen molar-refractivity contribution in [1.82, 2.24) is 4.72 Å². The van der Waals surface area contributed by atoms with Crippen LogP contribution in [0.25, 0.3) is 0 Å². The summed E-state index contributed by atoms with van der Waals surface area (Å²) in [5.74, 6) is -5.59. The lowest BCUT2D eigenvalue weighted by atomic mass is 9.94. The molecule has 1 amide bonds. The number of amides is 1. The average molecular weight is 463 g/mol. The maximum absolute atomic E-state index is 13.3.